The van der Waals surface area contributed by atoms with E-state index in [2.05, 4.69) is 26.3 Å². The van der Waals surface area contributed by atoms with Crippen LogP contribution in [-0.2, 0) is 32.0 Å². The van der Waals surface area contributed by atoms with Gasteiger partial charge in [-0.15, -0.1) is 0 Å². The summed E-state index contributed by atoms with van der Waals surface area (Å²) in [6, 6.07) is 20.5. The van der Waals surface area contributed by atoms with Gasteiger partial charge in [-0.25, -0.2) is 4.98 Å². The van der Waals surface area contributed by atoms with Crippen LogP contribution in [-0.4, -0.2) is 93.2 Å². The highest BCUT2D eigenvalue weighted by atomic mass is 16.2. The first-order chi connectivity index (χ1) is 27.8. The van der Waals surface area contributed by atoms with Crippen molar-refractivity contribution < 1.29 is 24.0 Å². The minimum absolute atomic E-state index is 0.0134. The molecule has 0 unspecified atom stereocenters. The predicted molar refractivity (Wildman–Crippen MR) is 223 cm³/mol. The van der Waals surface area contributed by atoms with E-state index in [4.69, 9.17) is 11.5 Å². The summed E-state index contributed by atoms with van der Waals surface area (Å²) in [5.41, 5.74) is 14.2. The minimum Gasteiger partial charge on any atom is -0.345 e. The van der Waals surface area contributed by atoms with Crippen LogP contribution in [0.3, 0.4) is 0 Å². The molecule has 0 radical (unpaired) electrons. The van der Waals surface area contributed by atoms with Gasteiger partial charge in [-0.1, -0.05) is 80.6 Å². The molecule has 0 spiro atoms. The molecule has 3 heterocycles. The lowest BCUT2D eigenvalue weighted by Crippen LogP contribution is -2.60. The fourth-order valence-corrected chi connectivity index (χ4v) is 7.24. The Labute approximate surface area is 340 Å². The van der Waals surface area contributed by atoms with Crippen molar-refractivity contribution in [3.63, 3.8) is 0 Å². The van der Waals surface area contributed by atoms with Crippen LogP contribution >= 0.6 is 0 Å². The van der Waals surface area contributed by atoms with Crippen LogP contribution in [0.1, 0.15) is 80.9 Å². The number of fused-ring (bicyclic) bond motifs is 1. The number of rotatable bonds is 19. The van der Waals surface area contributed by atoms with Crippen LogP contribution in [0.25, 0.3) is 5.65 Å². The molecule has 1 aliphatic rings. The van der Waals surface area contributed by atoms with Crippen LogP contribution in [0, 0.1) is 5.92 Å². The Morgan fingerprint density at radius 3 is 1.97 bits per heavy atom. The number of piperidine rings is 1. The summed E-state index contributed by atoms with van der Waals surface area (Å²) in [5, 5.41) is 11.9. The number of unbranched alkanes of at least 4 members (excludes halogenated alkanes) is 1. The highest BCUT2D eigenvalue weighted by Gasteiger charge is 2.37. The Hall–Kier alpha value is -5.60. The first-order valence-electron chi connectivity index (χ1n) is 20.3. The Balaban J connectivity index is 1.24. The van der Waals surface area contributed by atoms with E-state index < -0.39 is 47.4 Å². The Bertz CT molecular complexity index is 1950. The minimum atomic E-state index is -1.02. The number of pyridine rings is 1. The number of hydrogen-bond donors (Lipinski definition) is 6. The van der Waals surface area contributed by atoms with E-state index in [9.17, 15) is 24.0 Å². The predicted octanol–water partition coefficient (Wildman–Crippen LogP) is 2.89. The van der Waals surface area contributed by atoms with Crippen molar-refractivity contribution in [2.75, 3.05) is 19.6 Å². The first kappa shape index (κ1) is 43.5. The summed E-state index contributed by atoms with van der Waals surface area (Å²) in [5.74, 6) is -1.99. The van der Waals surface area contributed by atoms with Crippen LogP contribution in [0.5, 0.6) is 0 Å². The third-order valence-corrected chi connectivity index (χ3v) is 10.6. The summed E-state index contributed by atoms with van der Waals surface area (Å²) < 4.78 is 1.79. The van der Waals surface area contributed by atoms with Gasteiger partial charge in [0, 0.05) is 37.4 Å². The fraction of sp³-hybridized carbons (Fsp3) is 0.455. The van der Waals surface area contributed by atoms with Crippen molar-refractivity contribution in [2.45, 2.75) is 102 Å². The molecule has 310 valence electrons. The van der Waals surface area contributed by atoms with Gasteiger partial charge < -0.3 is 42.0 Å². The van der Waals surface area contributed by atoms with E-state index in [-0.39, 0.29) is 30.6 Å². The quantitative estimate of drug-likeness (QED) is 0.0777. The molecule has 4 atom stereocenters. The van der Waals surface area contributed by atoms with Crippen molar-refractivity contribution in [1.82, 2.24) is 35.6 Å². The largest absolute Gasteiger partial charge is 0.345 e. The summed E-state index contributed by atoms with van der Waals surface area (Å²) >= 11 is 0. The van der Waals surface area contributed by atoms with Crippen molar-refractivity contribution >= 4 is 35.2 Å². The van der Waals surface area contributed by atoms with Gasteiger partial charge in [0.25, 0.3) is 5.91 Å². The van der Waals surface area contributed by atoms with Gasteiger partial charge in [0.2, 0.25) is 23.6 Å². The number of aromatic nitrogens is 2. The summed E-state index contributed by atoms with van der Waals surface area (Å²) in [6.07, 6.45) is 6.98. The molecule has 14 heteroatoms. The topological polar surface area (TPSA) is 206 Å². The maximum Gasteiger partial charge on any atom is 0.271 e. The average Bonchev–Trinajstić information content (AvgIpc) is 3.65. The second-order valence-corrected chi connectivity index (χ2v) is 16.0. The number of nitrogens with zero attached hydrogens (tertiary/aromatic N) is 3. The molecule has 0 aliphatic carbocycles. The molecular formula is C44H59N9O5. The molecular weight excluding hydrogens is 735 g/mol. The lowest BCUT2D eigenvalue weighted by molar-refractivity contribution is -0.139. The average molecular weight is 794 g/mol. The van der Waals surface area contributed by atoms with Gasteiger partial charge in [0.1, 0.15) is 29.5 Å². The van der Waals surface area contributed by atoms with Crippen LogP contribution in [0.15, 0.2) is 91.3 Å². The number of imidazole rings is 1. The zero-order chi connectivity index (χ0) is 41.7. The standard InChI is InChI=1S/C44H59N9O5/c1-30(2)26-35(50-41(56)36(28-32-16-8-5-9-17-32)49-39(54)33(46)27-31-14-6-4-7-15-31)40(55)48-34(18-10-12-22-45)43(58)52-24-20-44(3,21-25-52)51-42(57)37-29-53-23-13-11-19-38(53)47-37/h4-9,11,13-17,19,23,29-30,33-36H,10,12,18,20-22,24-28,45-46H2,1-3H3,(H,48,55)(H,49,54)(H,50,56)(H,51,57)/t33-,34-,35-,36-/m1/s1. The van der Waals surface area contributed by atoms with Gasteiger partial charge in [-0.2, -0.15) is 0 Å². The van der Waals surface area contributed by atoms with Gasteiger partial charge in [0.05, 0.1) is 6.04 Å². The van der Waals surface area contributed by atoms with E-state index in [0.717, 1.165) is 11.1 Å². The maximum atomic E-state index is 14.1. The smallest absolute Gasteiger partial charge is 0.271 e. The lowest BCUT2D eigenvalue weighted by atomic mass is 9.89. The molecule has 1 saturated heterocycles. The third-order valence-electron chi connectivity index (χ3n) is 10.6. The highest BCUT2D eigenvalue weighted by Crippen LogP contribution is 2.24. The van der Waals surface area contributed by atoms with E-state index in [1.54, 1.807) is 15.5 Å². The molecule has 58 heavy (non-hydrogen) atoms. The molecule has 5 rings (SSSR count). The Morgan fingerprint density at radius 2 is 1.34 bits per heavy atom. The van der Waals surface area contributed by atoms with Gasteiger partial charge in [-0.3, -0.25) is 24.0 Å². The second kappa shape index (κ2) is 20.7. The molecule has 0 bridgehead atoms. The van der Waals surface area contributed by atoms with Crippen molar-refractivity contribution in [1.29, 1.82) is 0 Å². The first-order valence-corrected chi connectivity index (χ1v) is 20.3. The van der Waals surface area contributed by atoms with Crippen molar-refractivity contribution in [3.05, 3.63) is 108 Å². The zero-order valence-corrected chi connectivity index (χ0v) is 33.9. The number of benzene rings is 2. The molecule has 1 fully saturated rings. The van der Waals surface area contributed by atoms with Gasteiger partial charge in [0.15, 0.2) is 0 Å². The number of nitrogens with two attached hydrogens (primary N) is 2. The molecule has 8 N–H and O–H groups in total. The summed E-state index contributed by atoms with van der Waals surface area (Å²) in [7, 11) is 0. The van der Waals surface area contributed by atoms with Crippen LogP contribution in [0.4, 0.5) is 0 Å². The van der Waals surface area contributed by atoms with Crippen LogP contribution < -0.4 is 32.7 Å². The number of hydrogen-bond acceptors (Lipinski definition) is 8. The van der Waals surface area contributed by atoms with Crippen LogP contribution in [0.2, 0.25) is 0 Å². The van der Waals surface area contributed by atoms with E-state index in [0.29, 0.717) is 69.5 Å². The molecule has 4 aromatic rings. The van der Waals surface area contributed by atoms with Gasteiger partial charge >= 0.3 is 0 Å². The fourth-order valence-electron chi connectivity index (χ4n) is 7.24. The normalized spacial score (nSPS) is 15.9. The number of carbonyl (C=O) groups excluding carboxylic acids is 5. The molecule has 0 saturated carbocycles. The van der Waals surface area contributed by atoms with Gasteiger partial charge in [-0.05, 0) is 87.6 Å². The zero-order valence-electron chi connectivity index (χ0n) is 33.9. The number of carbonyl (C=O) groups is 5. The van der Waals surface area contributed by atoms with E-state index in [1.807, 2.05) is 106 Å². The SMILES string of the molecule is CC(C)C[C@@H](NC(=O)[C@@H](Cc1ccccc1)NC(=O)[C@H](N)Cc1ccccc1)C(=O)N[C@H](CCCCN)C(=O)N1CCC(C)(NC(=O)c2cn3ccccc3n2)CC1. The molecule has 5 amide bonds. The number of nitrogens with one attached hydrogen (secondary N) is 4. The van der Waals surface area contributed by atoms with Crippen molar-refractivity contribution in [2.24, 2.45) is 17.4 Å². The van der Waals surface area contributed by atoms with Crippen molar-refractivity contribution in [3.8, 4) is 0 Å². The Kier molecular flexibility index (Phi) is 15.5. The maximum absolute atomic E-state index is 14.1. The Morgan fingerprint density at radius 1 is 0.759 bits per heavy atom. The monoisotopic (exact) mass is 793 g/mol. The molecule has 1 aliphatic heterocycles. The number of likely N-dealkylation sites (tertiary alicyclic amines) is 1. The summed E-state index contributed by atoms with van der Waals surface area (Å²) in [6.45, 7) is 7.06. The molecule has 2 aromatic heterocycles. The van der Waals surface area contributed by atoms with E-state index in [1.165, 1.54) is 0 Å². The number of amides is 5. The summed E-state index contributed by atoms with van der Waals surface area (Å²) in [4.78, 5) is 75.0. The van der Waals surface area contributed by atoms with E-state index >= 15 is 0 Å². The molecule has 2 aromatic carbocycles. The third kappa shape index (κ3) is 12.4. The highest BCUT2D eigenvalue weighted by molar-refractivity contribution is 5.95. The molecule has 14 nitrogen and oxygen atoms in total. The lowest BCUT2D eigenvalue weighted by Gasteiger charge is -2.41. The second-order valence-electron chi connectivity index (χ2n) is 16.0.